The quantitative estimate of drug-likeness (QED) is 0.864. The minimum absolute atomic E-state index is 0.152. The Labute approximate surface area is 140 Å². The molecule has 3 rings (SSSR count). The van der Waals surface area contributed by atoms with Crippen molar-refractivity contribution in [3.05, 3.63) is 46.5 Å². The van der Waals surface area contributed by atoms with Crippen LogP contribution in [0.5, 0.6) is 5.75 Å². The van der Waals surface area contributed by atoms with E-state index in [4.69, 9.17) is 16.3 Å². The fourth-order valence-corrected chi connectivity index (χ4v) is 3.18. The number of aryl methyl sites for hydroxylation is 1. The molecule has 0 unspecified atom stereocenters. The molecule has 0 N–H and O–H groups in total. The molecular weight excluding hydrogens is 314 g/mol. The summed E-state index contributed by atoms with van der Waals surface area (Å²) in [5, 5.41) is 0.485. The number of methoxy groups -OCH3 is 1. The first-order valence-electron chi connectivity index (χ1n) is 7.69. The van der Waals surface area contributed by atoms with Crippen LogP contribution < -0.4 is 4.74 Å². The highest BCUT2D eigenvalue weighted by atomic mass is 35.5. The first-order chi connectivity index (χ1) is 11.1. The zero-order valence-corrected chi connectivity index (χ0v) is 14.1. The lowest BCUT2D eigenvalue weighted by Gasteiger charge is -2.27. The Balaban J connectivity index is 1.64. The number of rotatable bonds is 4. The highest BCUT2D eigenvalue weighted by Crippen LogP contribution is 2.23. The summed E-state index contributed by atoms with van der Waals surface area (Å²) in [6, 6.07) is 7.82. The third kappa shape index (κ3) is 3.20. The van der Waals surface area contributed by atoms with Crippen LogP contribution in [-0.2, 0) is 31.2 Å². The molecule has 1 aromatic carbocycles. The molecule has 23 heavy (non-hydrogen) atoms. The number of hydrogen-bond acceptors (Lipinski definition) is 3. The average Bonchev–Trinajstić information content (AvgIpc) is 2.87. The molecule has 0 atom stereocenters. The van der Waals surface area contributed by atoms with Gasteiger partial charge in [0.1, 0.15) is 5.75 Å². The zero-order chi connectivity index (χ0) is 16.4. The molecule has 0 radical (unpaired) electrons. The topological polar surface area (TPSA) is 47.4 Å². The summed E-state index contributed by atoms with van der Waals surface area (Å²) in [6.07, 6.45) is 1.91. The molecule has 0 bridgehead atoms. The predicted molar refractivity (Wildman–Crippen MR) is 88.7 cm³/mol. The van der Waals surface area contributed by atoms with E-state index in [1.54, 1.807) is 7.11 Å². The van der Waals surface area contributed by atoms with Gasteiger partial charge in [-0.2, -0.15) is 0 Å². The highest BCUT2D eigenvalue weighted by Gasteiger charge is 2.25. The third-order valence-corrected chi connectivity index (χ3v) is 4.69. The molecule has 1 aromatic heterocycles. The molecular formula is C17H20ClN3O2. The molecule has 0 saturated carbocycles. The molecule has 5 nitrogen and oxygen atoms in total. The summed E-state index contributed by atoms with van der Waals surface area (Å²) < 4.78 is 7.19. The molecule has 1 amide bonds. The number of fused-ring (bicyclic) bond motifs is 1. The van der Waals surface area contributed by atoms with Crippen LogP contribution in [0.25, 0.3) is 0 Å². The van der Waals surface area contributed by atoms with Crippen molar-refractivity contribution in [2.24, 2.45) is 7.05 Å². The first kappa shape index (κ1) is 15.9. The molecule has 2 aromatic rings. The van der Waals surface area contributed by atoms with E-state index in [2.05, 4.69) is 4.98 Å². The summed E-state index contributed by atoms with van der Waals surface area (Å²) in [4.78, 5) is 18.7. The number of hydrogen-bond donors (Lipinski definition) is 0. The number of carbonyl (C=O) groups excluding carboxylic acids is 1. The number of ether oxygens (including phenoxy) is 1. The molecule has 122 valence electrons. The van der Waals surface area contributed by atoms with Crippen LogP contribution in [-0.4, -0.2) is 34.0 Å². The van der Waals surface area contributed by atoms with E-state index in [9.17, 15) is 4.79 Å². The number of amides is 1. The number of carbonyl (C=O) groups is 1. The van der Waals surface area contributed by atoms with E-state index in [0.717, 1.165) is 29.1 Å². The lowest BCUT2D eigenvalue weighted by Crippen LogP contribution is -2.36. The SMILES string of the molecule is COc1ccccc1CCC(=O)N1CCc2nc(Cl)n(C)c2C1. The maximum atomic E-state index is 12.5. The minimum Gasteiger partial charge on any atom is -0.496 e. The van der Waals surface area contributed by atoms with Crippen LogP contribution in [0.1, 0.15) is 23.4 Å². The summed E-state index contributed by atoms with van der Waals surface area (Å²) >= 11 is 6.06. The number of nitrogens with zero attached hydrogens (tertiary/aromatic N) is 3. The normalized spacial score (nSPS) is 13.8. The Morgan fingerprint density at radius 1 is 1.39 bits per heavy atom. The smallest absolute Gasteiger partial charge is 0.223 e. The van der Waals surface area contributed by atoms with Crippen molar-refractivity contribution in [1.29, 1.82) is 0 Å². The van der Waals surface area contributed by atoms with Crippen molar-refractivity contribution >= 4 is 17.5 Å². The Morgan fingerprint density at radius 3 is 2.96 bits per heavy atom. The van der Waals surface area contributed by atoms with Crippen molar-refractivity contribution in [1.82, 2.24) is 14.5 Å². The molecule has 0 fully saturated rings. The second-order valence-corrected chi connectivity index (χ2v) is 6.05. The summed E-state index contributed by atoms with van der Waals surface area (Å²) in [6.45, 7) is 1.28. The van der Waals surface area contributed by atoms with E-state index in [-0.39, 0.29) is 5.91 Å². The average molecular weight is 334 g/mol. The van der Waals surface area contributed by atoms with Gasteiger partial charge in [0.25, 0.3) is 0 Å². The van der Waals surface area contributed by atoms with Crippen LogP contribution >= 0.6 is 11.6 Å². The van der Waals surface area contributed by atoms with Gasteiger partial charge in [0.15, 0.2) is 0 Å². The molecule has 1 aliphatic rings. The minimum atomic E-state index is 0.152. The third-order valence-electron chi connectivity index (χ3n) is 4.35. The first-order valence-corrected chi connectivity index (χ1v) is 8.07. The van der Waals surface area contributed by atoms with Gasteiger partial charge in [-0.25, -0.2) is 4.98 Å². The van der Waals surface area contributed by atoms with Crippen molar-refractivity contribution in [3.63, 3.8) is 0 Å². The van der Waals surface area contributed by atoms with E-state index in [1.165, 1.54) is 0 Å². The van der Waals surface area contributed by atoms with Crippen molar-refractivity contribution in [2.75, 3.05) is 13.7 Å². The van der Waals surface area contributed by atoms with Crippen LogP contribution in [0, 0.1) is 0 Å². The standard InChI is InChI=1S/C17H20ClN3O2/c1-20-14-11-21(10-9-13(14)19-17(20)18)16(22)8-7-12-5-3-4-6-15(12)23-2/h3-6H,7-11H2,1-2H3. The fourth-order valence-electron chi connectivity index (χ4n) is 2.98. The van der Waals surface area contributed by atoms with Gasteiger partial charge < -0.3 is 14.2 Å². The summed E-state index contributed by atoms with van der Waals surface area (Å²) in [5.74, 6) is 0.985. The van der Waals surface area contributed by atoms with Gasteiger partial charge in [-0.05, 0) is 29.7 Å². The van der Waals surface area contributed by atoms with Crippen LogP contribution in [0.2, 0.25) is 5.28 Å². The summed E-state index contributed by atoms with van der Waals surface area (Å²) in [5.41, 5.74) is 3.10. The Kier molecular flexibility index (Phi) is 4.57. The fraction of sp³-hybridized carbons (Fsp3) is 0.412. The molecule has 2 heterocycles. The van der Waals surface area contributed by atoms with Gasteiger partial charge in [-0.1, -0.05) is 18.2 Å². The van der Waals surface area contributed by atoms with Crippen molar-refractivity contribution in [2.45, 2.75) is 25.8 Å². The molecule has 6 heteroatoms. The van der Waals surface area contributed by atoms with E-state index in [1.807, 2.05) is 40.8 Å². The molecule has 1 aliphatic heterocycles. The molecule has 0 spiro atoms. The number of halogens is 1. The van der Waals surface area contributed by atoms with Gasteiger partial charge in [-0.15, -0.1) is 0 Å². The van der Waals surface area contributed by atoms with Crippen LogP contribution in [0.15, 0.2) is 24.3 Å². The second-order valence-electron chi connectivity index (χ2n) is 5.71. The van der Waals surface area contributed by atoms with E-state index >= 15 is 0 Å². The van der Waals surface area contributed by atoms with Crippen molar-refractivity contribution < 1.29 is 9.53 Å². The Bertz CT molecular complexity index is 727. The van der Waals surface area contributed by atoms with Crippen LogP contribution in [0.3, 0.4) is 0 Å². The predicted octanol–water partition coefficient (Wildman–Crippen LogP) is 2.60. The monoisotopic (exact) mass is 333 g/mol. The maximum Gasteiger partial charge on any atom is 0.223 e. The number of aromatic nitrogens is 2. The van der Waals surface area contributed by atoms with Crippen LogP contribution in [0.4, 0.5) is 0 Å². The second kappa shape index (κ2) is 6.62. The molecule has 0 aliphatic carbocycles. The van der Waals surface area contributed by atoms with E-state index < -0.39 is 0 Å². The highest BCUT2D eigenvalue weighted by molar-refractivity contribution is 6.28. The van der Waals surface area contributed by atoms with Crippen molar-refractivity contribution in [3.8, 4) is 5.75 Å². The Hall–Kier alpha value is -2.01. The largest absolute Gasteiger partial charge is 0.496 e. The lowest BCUT2D eigenvalue weighted by atomic mass is 10.1. The zero-order valence-electron chi connectivity index (χ0n) is 13.4. The molecule has 0 saturated heterocycles. The maximum absolute atomic E-state index is 12.5. The van der Waals surface area contributed by atoms with Gasteiger partial charge in [-0.3, -0.25) is 4.79 Å². The van der Waals surface area contributed by atoms with Gasteiger partial charge in [0.05, 0.1) is 25.0 Å². The summed E-state index contributed by atoms with van der Waals surface area (Å²) in [7, 11) is 3.54. The number of imidazole rings is 1. The number of benzene rings is 1. The number of para-hydroxylation sites is 1. The van der Waals surface area contributed by atoms with Gasteiger partial charge in [0, 0.05) is 26.4 Å². The van der Waals surface area contributed by atoms with Gasteiger partial charge >= 0.3 is 0 Å². The van der Waals surface area contributed by atoms with E-state index in [0.29, 0.717) is 31.2 Å². The van der Waals surface area contributed by atoms with Gasteiger partial charge in [0.2, 0.25) is 11.2 Å². The lowest BCUT2D eigenvalue weighted by molar-refractivity contribution is -0.132. The Morgan fingerprint density at radius 2 is 2.17 bits per heavy atom.